The molecule has 0 saturated carbocycles. The fourth-order valence-corrected chi connectivity index (χ4v) is 5.19. The number of nitrogens with zero attached hydrogens (tertiary/aromatic N) is 2. The van der Waals surface area contributed by atoms with Crippen molar-refractivity contribution >= 4 is 33.4 Å². The van der Waals surface area contributed by atoms with E-state index in [1.165, 1.54) is 54.4 Å². The van der Waals surface area contributed by atoms with E-state index in [0.29, 0.717) is 11.6 Å². The summed E-state index contributed by atoms with van der Waals surface area (Å²) in [6, 6.07) is 19.8. The molecule has 3 aromatic rings. The summed E-state index contributed by atoms with van der Waals surface area (Å²) in [6.07, 6.45) is 0.165. The van der Waals surface area contributed by atoms with Crippen molar-refractivity contribution in [2.24, 2.45) is 5.92 Å². The minimum atomic E-state index is -4.04. The smallest absolute Gasteiger partial charge is 0.243 e. The third-order valence-corrected chi connectivity index (χ3v) is 8.20. The van der Waals surface area contributed by atoms with E-state index < -0.39 is 40.2 Å². The van der Waals surface area contributed by atoms with Crippen molar-refractivity contribution < 1.29 is 22.4 Å². The van der Waals surface area contributed by atoms with Crippen molar-refractivity contribution in [3.63, 3.8) is 0 Å². The van der Waals surface area contributed by atoms with Crippen LogP contribution in [0.2, 0.25) is 5.02 Å². The van der Waals surface area contributed by atoms with Crippen LogP contribution in [0.15, 0.2) is 83.8 Å². The maximum atomic E-state index is 14.7. The first-order chi connectivity index (χ1) is 18.5. The number of amides is 2. The largest absolute Gasteiger partial charge is 0.354 e. The maximum Gasteiger partial charge on any atom is 0.243 e. The predicted molar refractivity (Wildman–Crippen MR) is 150 cm³/mol. The van der Waals surface area contributed by atoms with Crippen LogP contribution in [0.1, 0.15) is 25.0 Å². The summed E-state index contributed by atoms with van der Waals surface area (Å²) in [4.78, 5) is 28.5. The third kappa shape index (κ3) is 8.36. The highest BCUT2D eigenvalue weighted by molar-refractivity contribution is 7.89. The van der Waals surface area contributed by atoms with Gasteiger partial charge in [-0.2, -0.15) is 4.31 Å². The zero-order chi connectivity index (χ0) is 28.6. The summed E-state index contributed by atoms with van der Waals surface area (Å²) in [5.41, 5.74) is 1.01. The van der Waals surface area contributed by atoms with E-state index in [-0.39, 0.29) is 29.3 Å². The molecule has 10 heteroatoms. The molecule has 0 aromatic heterocycles. The first-order valence-electron chi connectivity index (χ1n) is 12.6. The summed E-state index contributed by atoms with van der Waals surface area (Å²) >= 11 is 5.90. The Balaban J connectivity index is 1.97. The number of carbonyl (C=O) groups excluding carboxylic acids is 2. The second-order valence-electron chi connectivity index (χ2n) is 9.67. The van der Waals surface area contributed by atoms with Gasteiger partial charge in [-0.3, -0.25) is 9.59 Å². The first-order valence-corrected chi connectivity index (χ1v) is 14.4. The van der Waals surface area contributed by atoms with Crippen LogP contribution >= 0.6 is 11.6 Å². The molecule has 1 atom stereocenters. The number of benzene rings is 3. The predicted octanol–water partition coefficient (Wildman–Crippen LogP) is 4.51. The number of hydrogen-bond donors (Lipinski definition) is 1. The maximum absolute atomic E-state index is 14.7. The molecule has 0 spiro atoms. The van der Waals surface area contributed by atoms with E-state index in [0.717, 1.165) is 9.87 Å². The van der Waals surface area contributed by atoms with Crippen molar-refractivity contribution in [3.8, 4) is 0 Å². The minimum Gasteiger partial charge on any atom is -0.354 e. The van der Waals surface area contributed by atoms with Crippen LogP contribution in [0.3, 0.4) is 0 Å². The Hall–Kier alpha value is -3.27. The van der Waals surface area contributed by atoms with Gasteiger partial charge in [-0.15, -0.1) is 0 Å². The fourth-order valence-electron chi connectivity index (χ4n) is 3.94. The fraction of sp³-hybridized carbons (Fsp3) is 0.310. The van der Waals surface area contributed by atoms with E-state index in [2.05, 4.69) is 5.32 Å². The molecule has 1 unspecified atom stereocenters. The van der Waals surface area contributed by atoms with Crippen LogP contribution in [-0.4, -0.2) is 55.6 Å². The van der Waals surface area contributed by atoms with Gasteiger partial charge in [0, 0.05) is 37.1 Å². The summed E-state index contributed by atoms with van der Waals surface area (Å²) < 4.78 is 41.9. The Morgan fingerprint density at radius 2 is 1.56 bits per heavy atom. The number of halogens is 2. The van der Waals surface area contributed by atoms with Gasteiger partial charge in [0.2, 0.25) is 21.8 Å². The molecule has 0 fully saturated rings. The lowest BCUT2D eigenvalue weighted by Crippen LogP contribution is -2.53. The van der Waals surface area contributed by atoms with Crippen LogP contribution in [0.25, 0.3) is 0 Å². The normalized spacial score (nSPS) is 12.4. The lowest BCUT2D eigenvalue weighted by Gasteiger charge is -2.33. The second kappa shape index (κ2) is 13.7. The summed E-state index contributed by atoms with van der Waals surface area (Å²) in [7, 11) is -2.75. The Labute approximate surface area is 234 Å². The number of hydrogen-bond acceptors (Lipinski definition) is 4. The van der Waals surface area contributed by atoms with Crippen LogP contribution < -0.4 is 5.32 Å². The molecule has 3 aromatic carbocycles. The van der Waals surface area contributed by atoms with E-state index in [4.69, 9.17) is 11.6 Å². The SMILES string of the molecule is CC(C)CNC(=O)C(Cc1ccccc1)N(Cc1ccccc1F)C(=O)CN(C)S(=O)(=O)c1ccc(Cl)cc1. The first kappa shape index (κ1) is 30.3. The highest BCUT2D eigenvalue weighted by Gasteiger charge is 2.33. The Morgan fingerprint density at radius 1 is 0.949 bits per heavy atom. The molecule has 208 valence electrons. The van der Waals surface area contributed by atoms with Crippen molar-refractivity contribution in [1.29, 1.82) is 0 Å². The van der Waals surface area contributed by atoms with E-state index >= 15 is 0 Å². The molecule has 3 rings (SSSR count). The van der Waals surface area contributed by atoms with Crippen molar-refractivity contribution in [2.75, 3.05) is 20.1 Å². The molecule has 1 N–H and O–H groups in total. The lowest BCUT2D eigenvalue weighted by molar-refractivity contribution is -0.141. The quantitative estimate of drug-likeness (QED) is 0.345. The van der Waals surface area contributed by atoms with Gasteiger partial charge >= 0.3 is 0 Å². The highest BCUT2D eigenvalue weighted by atomic mass is 35.5. The molecule has 0 aliphatic carbocycles. The van der Waals surface area contributed by atoms with Gasteiger partial charge in [-0.05, 0) is 41.8 Å². The van der Waals surface area contributed by atoms with Crippen molar-refractivity contribution in [3.05, 3.63) is 101 Å². The molecular weight excluding hydrogens is 541 g/mol. The molecule has 0 radical (unpaired) electrons. The standard InChI is InChI=1S/C29H33ClFN3O4S/c1-21(2)18-32-29(36)27(17-22-9-5-4-6-10-22)34(19-23-11-7-8-12-26(23)31)28(35)20-33(3)39(37,38)25-15-13-24(30)14-16-25/h4-16,21,27H,17-20H2,1-3H3,(H,32,36). The second-order valence-corrected chi connectivity index (χ2v) is 12.2. The average Bonchev–Trinajstić information content (AvgIpc) is 2.91. The van der Waals surface area contributed by atoms with Gasteiger partial charge in [-0.1, -0.05) is 74.0 Å². The van der Waals surface area contributed by atoms with Crippen LogP contribution in [0.4, 0.5) is 4.39 Å². The molecule has 0 aliphatic rings. The topological polar surface area (TPSA) is 86.8 Å². The van der Waals surface area contributed by atoms with Crippen LogP contribution in [0, 0.1) is 11.7 Å². The van der Waals surface area contributed by atoms with Gasteiger partial charge in [0.05, 0.1) is 11.4 Å². The molecule has 0 bridgehead atoms. The van der Waals surface area contributed by atoms with E-state index in [9.17, 15) is 22.4 Å². The number of rotatable bonds is 12. The molecular formula is C29H33ClFN3O4S. The Bertz CT molecular complexity index is 1370. The molecule has 39 heavy (non-hydrogen) atoms. The molecule has 0 heterocycles. The molecule has 7 nitrogen and oxygen atoms in total. The zero-order valence-corrected chi connectivity index (χ0v) is 23.8. The number of nitrogens with one attached hydrogen (secondary N) is 1. The summed E-state index contributed by atoms with van der Waals surface area (Å²) in [5.74, 6) is -1.41. The van der Waals surface area contributed by atoms with Crippen molar-refractivity contribution in [1.82, 2.24) is 14.5 Å². The van der Waals surface area contributed by atoms with E-state index in [1.54, 1.807) is 6.07 Å². The zero-order valence-electron chi connectivity index (χ0n) is 22.2. The lowest BCUT2D eigenvalue weighted by atomic mass is 10.0. The van der Waals surface area contributed by atoms with Gasteiger partial charge in [0.25, 0.3) is 0 Å². The van der Waals surface area contributed by atoms with Gasteiger partial charge in [-0.25, -0.2) is 12.8 Å². The summed E-state index contributed by atoms with van der Waals surface area (Å²) in [6.45, 7) is 3.52. The monoisotopic (exact) mass is 573 g/mol. The molecule has 0 aliphatic heterocycles. The Morgan fingerprint density at radius 3 is 2.18 bits per heavy atom. The van der Waals surface area contributed by atoms with Crippen LogP contribution in [-0.2, 0) is 32.6 Å². The molecule has 2 amide bonds. The molecule has 0 saturated heterocycles. The van der Waals surface area contributed by atoms with Crippen LogP contribution in [0.5, 0.6) is 0 Å². The summed E-state index contributed by atoms with van der Waals surface area (Å²) in [5, 5.41) is 3.26. The number of sulfonamides is 1. The Kier molecular flexibility index (Phi) is 10.6. The third-order valence-electron chi connectivity index (χ3n) is 6.13. The minimum absolute atomic E-state index is 0.0293. The van der Waals surface area contributed by atoms with E-state index in [1.807, 2.05) is 44.2 Å². The number of carbonyl (C=O) groups is 2. The number of likely N-dealkylation sites (N-methyl/N-ethyl adjacent to an activating group) is 1. The van der Waals surface area contributed by atoms with Gasteiger partial charge in [0.15, 0.2) is 0 Å². The van der Waals surface area contributed by atoms with Gasteiger partial charge < -0.3 is 10.2 Å². The van der Waals surface area contributed by atoms with Crippen molar-refractivity contribution in [2.45, 2.75) is 37.8 Å². The average molecular weight is 574 g/mol. The highest BCUT2D eigenvalue weighted by Crippen LogP contribution is 2.20. The van der Waals surface area contributed by atoms with Gasteiger partial charge in [0.1, 0.15) is 11.9 Å².